The fraction of sp³-hybridized carbons (Fsp3) is 0.211. The second kappa shape index (κ2) is 7.35. The van der Waals surface area contributed by atoms with Crippen LogP contribution in [0.25, 0.3) is 16.9 Å². The largest absolute Gasteiger partial charge is 0.382 e. The van der Waals surface area contributed by atoms with E-state index in [1.165, 1.54) is 22.2 Å². The number of imidazole rings is 1. The fourth-order valence-electron chi connectivity index (χ4n) is 3.71. The number of carbonyl (C=O) groups excluding carboxylic acids is 1. The van der Waals surface area contributed by atoms with Crippen LogP contribution in [0.3, 0.4) is 0 Å². The third kappa shape index (κ3) is 3.04. The zero-order chi connectivity index (χ0) is 20.7. The molecule has 3 aromatic heterocycles. The van der Waals surface area contributed by atoms with Crippen LogP contribution < -0.4 is 22.1 Å². The molecule has 0 unspecified atom stereocenters. The molecule has 0 aliphatic carbocycles. The van der Waals surface area contributed by atoms with Gasteiger partial charge in [0.1, 0.15) is 11.8 Å². The van der Waals surface area contributed by atoms with Crippen LogP contribution in [0.5, 0.6) is 0 Å². The molecule has 4 N–H and O–H groups in total. The maximum atomic E-state index is 13.3. The number of fused-ring (bicyclic) bond motifs is 1. The number of anilines is 2. The first-order chi connectivity index (χ1) is 14.6. The van der Waals surface area contributed by atoms with Crippen molar-refractivity contribution in [1.29, 1.82) is 0 Å². The number of thiazole rings is 1. The van der Waals surface area contributed by atoms with E-state index in [9.17, 15) is 9.59 Å². The first-order valence-electron chi connectivity index (χ1n) is 9.39. The van der Waals surface area contributed by atoms with E-state index in [0.29, 0.717) is 34.1 Å². The highest BCUT2D eigenvalue weighted by Gasteiger charge is 2.26. The molecular formula is C19H18N8O2S. The van der Waals surface area contributed by atoms with Gasteiger partial charge in [-0.1, -0.05) is 0 Å². The summed E-state index contributed by atoms with van der Waals surface area (Å²) in [6.45, 7) is 1.53. The molecule has 0 saturated carbocycles. The minimum atomic E-state index is -0.272. The highest BCUT2D eigenvalue weighted by atomic mass is 32.1. The van der Waals surface area contributed by atoms with Crippen molar-refractivity contribution in [3.63, 3.8) is 0 Å². The number of rotatable bonds is 4. The predicted octanol–water partition coefficient (Wildman–Crippen LogP) is 1.41. The van der Waals surface area contributed by atoms with Crippen molar-refractivity contribution in [1.82, 2.24) is 29.4 Å². The van der Waals surface area contributed by atoms with Gasteiger partial charge in [-0.05, 0) is 37.2 Å². The lowest BCUT2D eigenvalue weighted by molar-refractivity contribution is 0.102. The van der Waals surface area contributed by atoms with Crippen molar-refractivity contribution in [3.05, 3.63) is 58.2 Å². The van der Waals surface area contributed by atoms with Gasteiger partial charge in [-0.3, -0.25) is 19.2 Å². The molecule has 1 saturated heterocycles. The van der Waals surface area contributed by atoms with Crippen LogP contribution in [0, 0.1) is 0 Å². The highest BCUT2D eigenvalue weighted by Crippen LogP contribution is 2.25. The molecule has 0 spiro atoms. The Balaban J connectivity index is 1.57. The number of amides is 1. The van der Waals surface area contributed by atoms with Crippen LogP contribution in [0.15, 0.2) is 47.0 Å². The third-order valence-corrected chi connectivity index (χ3v) is 5.81. The molecule has 10 nitrogen and oxygen atoms in total. The first kappa shape index (κ1) is 18.5. The number of nitrogens with zero attached hydrogens (tertiary/aromatic N) is 5. The van der Waals surface area contributed by atoms with Gasteiger partial charge in [0.15, 0.2) is 16.6 Å². The Morgan fingerprint density at radius 3 is 2.77 bits per heavy atom. The molecule has 152 valence electrons. The quantitative estimate of drug-likeness (QED) is 0.453. The summed E-state index contributed by atoms with van der Waals surface area (Å²) in [5.74, 6) is -0.0430. The molecule has 5 rings (SSSR count). The average molecular weight is 422 g/mol. The van der Waals surface area contributed by atoms with Gasteiger partial charge in [0.05, 0.1) is 11.7 Å². The van der Waals surface area contributed by atoms with Gasteiger partial charge in [0.25, 0.3) is 5.91 Å². The maximum Gasteiger partial charge on any atom is 0.335 e. The van der Waals surface area contributed by atoms with Crippen LogP contribution in [0.4, 0.5) is 10.9 Å². The van der Waals surface area contributed by atoms with Gasteiger partial charge in [0, 0.05) is 23.7 Å². The molecule has 0 bridgehead atoms. The number of aromatic nitrogens is 5. The van der Waals surface area contributed by atoms with E-state index < -0.39 is 0 Å². The van der Waals surface area contributed by atoms with Crippen molar-refractivity contribution in [3.8, 4) is 5.69 Å². The first-order valence-corrected chi connectivity index (χ1v) is 10.3. The van der Waals surface area contributed by atoms with Gasteiger partial charge in [0.2, 0.25) is 0 Å². The Bertz CT molecular complexity index is 1270. The van der Waals surface area contributed by atoms with E-state index in [2.05, 4.69) is 25.6 Å². The van der Waals surface area contributed by atoms with Gasteiger partial charge >= 0.3 is 5.69 Å². The summed E-state index contributed by atoms with van der Waals surface area (Å²) in [5, 5.41) is 8.32. The normalized spacial score (nSPS) is 16.2. The van der Waals surface area contributed by atoms with E-state index >= 15 is 0 Å². The number of nitrogens with one attached hydrogen (secondary N) is 2. The lowest BCUT2D eigenvalue weighted by atomic mass is 10.2. The fourth-order valence-corrected chi connectivity index (χ4v) is 4.24. The molecule has 1 fully saturated rings. The molecular weight excluding hydrogens is 404 g/mol. The molecule has 4 heterocycles. The number of hydrogen-bond acceptors (Lipinski definition) is 8. The van der Waals surface area contributed by atoms with Crippen LogP contribution >= 0.6 is 11.3 Å². The summed E-state index contributed by atoms with van der Waals surface area (Å²) in [6.07, 6.45) is 3.82. The van der Waals surface area contributed by atoms with Crippen molar-refractivity contribution in [2.45, 2.75) is 12.5 Å². The number of nitrogens with two attached hydrogens (primary N) is 1. The zero-order valence-electron chi connectivity index (χ0n) is 15.8. The summed E-state index contributed by atoms with van der Waals surface area (Å²) in [5.41, 5.74) is 7.90. The Morgan fingerprint density at radius 2 is 2.07 bits per heavy atom. The molecule has 1 aliphatic heterocycles. The van der Waals surface area contributed by atoms with E-state index in [0.717, 1.165) is 13.0 Å². The van der Waals surface area contributed by atoms with Crippen LogP contribution in [-0.2, 0) is 0 Å². The molecule has 4 aromatic rings. The minimum absolute atomic E-state index is 0.00102. The smallest absolute Gasteiger partial charge is 0.335 e. The number of benzene rings is 1. The standard InChI is InChI=1S/C19H18N8O2S/c20-15-14-16(24-10-23-15)27(13-5-6-21-9-13)19(29)26(14)12-3-1-11(2-4-12)17(28)25-18-22-7-8-30-18/h1-4,7-8,10,13,21H,5-6,9H2,(H2,20,23,24)(H,22,25,28)/t13-/m1/s1. The molecule has 11 heteroatoms. The maximum absolute atomic E-state index is 13.3. The lowest BCUT2D eigenvalue weighted by Gasteiger charge is -2.09. The Hall–Kier alpha value is -3.57. The molecule has 1 aliphatic rings. The number of nitrogen functional groups attached to an aromatic ring is 1. The van der Waals surface area contributed by atoms with Crippen LogP contribution in [0.1, 0.15) is 22.8 Å². The predicted molar refractivity (Wildman–Crippen MR) is 114 cm³/mol. The monoisotopic (exact) mass is 422 g/mol. The summed E-state index contributed by atoms with van der Waals surface area (Å²) >= 11 is 1.34. The van der Waals surface area contributed by atoms with Crippen molar-refractivity contribution >= 4 is 39.4 Å². The van der Waals surface area contributed by atoms with Crippen molar-refractivity contribution in [2.75, 3.05) is 24.1 Å². The summed E-state index contributed by atoms with van der Waals surface area (Å²) in [7, 11) is 0. The average Bonchev–Trinajstić information content (AvgIpc) is 3.49. The highest BCUT2D eigenvalue weighted by molar-refractivity contribution is 7.13. The number of hydrogen-bond donors (Lipinski definition) is 3. The molecule has 1 atom stereocenters. The van der Waals surface area contributed by atoms with Crippen molar-refractivity contribution in [2.24, 2.45) is 0 Å². The van der Waals surface area contributed by atoms with E-state index in [1.807, 2.05) is 0 Å². The SMILES string of the molecule is Nc1ncnc2c1n(-c1ccc(C(=O)Nc3nccs3)cc1)c(=O)n2[C@@H]1CCNC1. The van der Waals surface area contributed by atoms with Crippen LogP contribution in [0.2, 0.25) is 0 Å². The summed E-state index contributed by atoms with van der Waals surface area (Å²) < 4.78 is 3.18. The summed E-state index contributed by atoms with van der Waals surface area (Å²) in [6, 6.07) is 6.73. The topological polar surface area (TPSA) is 133 Å². The van der Waals surface area contributed by atoms with Gasteiger partial charge in [-0.2, -0.15) is 0 Å². The lowest BCUT2D eigenvalue weighted by Crippen LogP contribution is -2.28. The minimum Gasteiger partial charge on any atom is -0.382 e. The van der Waals surface area contributed by atoms with Crippen molar-refractivity contribution < 1.29 is 4.79 Å². The van der Waals surface area contributed by atoms with Crippen LogP contribution in [-0.4, -0.2) is 43.1 Å². The van der Waals surface area contributed by atoms with E-state index in [4.69, 9.17) is 5.73 Å². The van der Waals surface area contributed by atoms with Gasteiger partial charge < -0.3 is 11.1 Å². The Kier molecular flexibility index (Phi) is 4.52. The zero-order valence-corrected chi connectivity index (χ0v) is 16.6. The second-order valence-electron chi connectivity index (χ2n) is 6.90. The van der Waals surface area contributed by atoms with E-state index in [1.54, 1.807) is 40.4 Å². The summed E-state index contributed by atoms with van der Waals surface area (Å²) in [4.78, 5) is 38.2. The second-order valence-corrected chi connectivity index (χ2v) is 7.80. The molecule has 0 radical (unpaired) electrons. The molecule has 1 amide bonds. The Labute approximate surface area is 174 Å². The van der Waals surface area contributed by atoms with Gasteiger partial charge in [-0.25, -0.2) is 19.7 Å². The van der Waals surface area contributed by atoms with E-state index in [-0.39, 0.29) is 23.5 Å². The third-order valence-electron chi connectivity index (χ3n) is 5.12. The van der Waals surface area contributed by atoms with Gasteiger partial charge in [-0.15, -0.1) is 11.3 Å². The Morgan fingerprint density at radius 1 is 1.23 bits per heavy atom. The number of carbonyl (C=O) groups is 1. The molecule has 1 aromatic carbocycles. The molecule has 30 heavy (non-hydrogen) atoms.